The van der Waals surface area contributed by atoms with Gasteiger partial charge in [0, 0.05) is 11.7 Å². The van der Waals surface area contributed by atoms with E-state index in [0.29, 0.717) is 5.69 Å². The van der Waals surface area contributed by atoms with E-state index in [0.717, 1.165) is 12.8 Å². The van der Waals surface area contributed by atoms with Crippen LogP contribution < -0.4 is 5.32 Å². The van der Waals surface area contributed by atoms with E-state index in [9.17, 15) is 9.59 Å². The van der Waals surface area contributed by atoms with E-state index in [1.807, 2.05) is 0 Å². The summed E-state index contributed by atoms with van der Waals surface area (Å²) in [5.74, 6) is -2.45. The summed E-state index contributed by atoms with van der Waals surface area (Å²) in [5, 5.41) is 21.5. The standard InChI is InChI=1S/C20H31NO4.2Na.2H/c1-3-4-5-6-7-8-9-10-11-15(2)21-16-12-13-17(19(22)23)18(14-16)20(24)25;;;;/h12-15,21H,3-11H2,1-2H3,(H,22,23)(H,24,25);;;;. The van der Waals surface area contributed by atoms with E-state index in [1.165, 1.54) is 57.1 Å². The van der Waals surface area contributed by atoms with Crippen molar-refractivity contribution >= 4 is 76.7 Å². The Morgan fingerprint density at radius 1 is 0.889 bits per heavy atom. The van der Waals surface area contributed by atoms with Gasteiger partial charge in [-0.05, 0) is 31.5 Å². The van der Waals surface area contributed by atoms with Gasteiger partial charge in [-0.15, -0.1) is 0 Å². The molecular weight excluding hydrogens is 364 g/mol. The first-order valence-electron chi connectivity index (χ1n) is 9.32. The second-order valence-electron chi connectivity index (χ2n) is 6.68. The summed E-state index contributed by atoms with van der Waals surface area (Å²) in [4.78, 5) is 22.3. The van der Waals surface area contributed by atoms with Crippen molar-refractivity contribution in [2.45, 2.75) is 77.7 Å². The Balaban J connectivity index is 0. The van der Waals surface area contributed by atoms with Crippen molar-refractivity contribution in [1.82, 2.24) is 0 Å². The van der Waals surface area contributed by atoms with Crippen molar-refractivity contribution in [1.29, 1.82) is 0 Å². The average molecular weight is 397 g/mol. The zero-order chi connectivity index (χ0) is 18.7. The van der Waals surface area contributed by atoms with Crippen LogP contribution in [0.2, 0.25) is 0 Å². The molecule has 27 heavy (non-hydrogen) atoms. The quantitative estimate of drug-likeness (QED) is 0.344. The molecule has 1 aromatic rings. The van der Waals surface area contributed by atoms with Crippen LogP contribution in [0.25, 0.3) is 0 Å². The maximum absolute atomic E-state index is 11.2. The molecule has 144 valence electrons. The van der Waals surface area contributed by atoms with Crippen LogP contribution in [-0.2, 0) is 0 Å². The minimum atomic E-state index is -1.23. The van der Waals surface area contributed by atoms with Gasteiger partial charge in [-0.3, -0.25) is 0 Å². The molecule has 3 N–H and O–H groups in total. The van der Waals surface area contributed by atoms with Gasteiger partial charge in [-0.25, -0.2) is 9.59 Å². The molecule has 0 bridgehead atoms. The van der Waals surface area contributed by atoms with Crippen molar-refractivity contribution in [3.63, 3.8) is 0 Å². The first-order chi connectivity index (χ1) is 12.0. The van der Waals surface area contributed by atoms with E-state index in [4.69, 9.17) is 10.2 Å². The second-order valence-corrected chi connectivity index (χ2v) is 6.68. The molecule has 0 radical (unpaired) electrons. The molecule has 0 fully saturated rings. The molecule has 0 amide bonds. The van der Waals surface area contributed by atoms with Crippen LogP contribution in [0.4, 0.5) is 5.69 Å². The van der Waals surface area contributed by atoms with Crippen molar-refractivity contribution < 1.29 is 19.8 Å². The summed E-state index contributed by atoms with van der Waals surface area (Å²) in [7, 11) is 0. The van der Waals surface area contributed by atoms with Crippen LogP contribution in [0, 0.1) is 0 Å². The van der Waals surface area contributed by atoms with Gasteiger partial charge >= 0.3 is 71.1 Å². The molecule has 0 saturated carbocycles. The van der Waals surface area contributed by atoms with Crippen LogP contribution in [0.5, 0.6) is 0 Å². The fourth-order valence-corrected chi connectivity index (χ4v) is 2.94. The molecule has 1 atom stereocenters. The number of benzene rings is 1. The number of nitrogens with one attached hydrogen (secondary N) is 1. The molecule has 0 aliphatic carbocycles. The molecule has 1 aromatic carbocycles. The summed E-state index contributed by atoms with van der Waals surface area (Å²) >= 11 is 0. The molecule has 1 rings (SSSR count). The van der Waals surface area contributed by atoms with Gasteiger partial charge in [0.05, 0.1) is 11.1 Å². The molecule has 0 aliphatic rings. The predicted molar refractivity (Wildman–Crippen MR) is 115 cm³/mol. The molecule has 0 spiro atoms. The van der Waals surface area contributed by atoms with Crippen LogP contribution in [0.15, 0.2) is 18.2 Å². The van der Waals surface area contributed by atoms with Gasteiger partial charge in [0.2, 0.25) is 0 Å². The van der Waals surface area contributed by atoms with Gasteiger partial charge in [0.1, 0.15) is 0 Å². The van der Waals surface area contributed by atoms with Crippen LogP contribution in [-0.4, -0.2) is 87.3 Å². The third kappa shape index (κ3) is 12.2. The number of hydrogen-bond donors (Lipinski definition) is 3. The monoisotopic (exact) mass is 397 g/mol. The van der Waals surface area contributed by atoms with Gasteiger partial charge in [-0.2, -0.15) is 0 Å². The van der Waals surface area contributed by atoms with E-state index in [1.54, 1.807) is 6.07 Å². The van der Waals surface area contributed by atoms with Gasteiger partial charge < -0.3 is 15.5 Å². The molecule has 1 unspecified atom stereocenters. The fourth-order valence-electron chi connectivity index (χ4n) is 2.94. The Morgan fingerprint density at radius 3 is 1.93 bits per heavy atom. The first-order valence-corrected chi connectivity index (χ1v) is 9.32. The third-order valence-corrected chi connectivity index (χ3v) is 4.38. The van der Waals surface area contributed by atoms with Crippen molar-refractivity contribution in [3.8, 4) is 0 Å². The number of unbranched alkanes of at least 4 members (excludes halogenated alkanes) is 7. The Hall–Kier alpha value is -0.0400. The minimum absolute atomic E-state index is 0. The summed E-state index contributed by atoms with van der Waals surface area (Å²) < 4.78 is 0. The number of carboxylic acids is 2. The molecule has 0 aliphatic heterocycles. The number of anilines is 1. The maximum atomic E-state index is 11.2. The van der Waals surface area contributed by atoms with Gasteiger partial charge in [0.25, 0.3) is 0 Å². The Kier molecular flexibility index (Phi) is 18.2. The number of aromatic carboxylic acids is 2. The Morgan fingerprint density at radius 2 is 1.41 bits per heavy atom. The molecule has 0 heterocycles. The van der Waals surface area contributed by atoms with E-state index < -0.39 is 11.9 Å². The van der Waals surface area contributed by atoms with Crippen LogP contribution in [0.1, 0.15) is 92.4 Å². The third-order valence-electron chi connectivity index (χ3n) is 4.38. The zero-order valence-electron chi connectivity index (χ0n) is 15.4. The van der Waals surface area contributed by atoms with Crippen LogP contribution >= 0.6 is 0 Å². The second kappa shape index (κ2) is 16.9. The molecular formula is C20H33NNa2O4. The van der Waals surface area contributed by atoms with E-state index in [-0.39, 0.29) is 76.3 Å². The fraction of sp³-hybridized carbons (Fsp3) is 0.600. The number of hydrogen-bond acceptors (Lipinski definition) is 3. The van der Waals surface area contributed by atoms with E-state index >= 15 is 0 Å². The normalized spacial score (nSPS) is 11.0. The van der Waals surface area contributed by atoms with E-state index in [2.05, 4.69) is 19.2 Å². The predicted octanol–water partition coefficient (Wildman–Crippen LogP) is 4.12. The summed E-state index contributed by atoms with van der Waals surface area (Å²) in [6.45, 7) is 4.29. The molecule has 5 nitrogen and oxygen atoms in total. The van der Waals surface area contributed by atoms with Crippen LogP contribution in [0.3, 0.4) is 0 Å². The van der Waals surface area contributed by atoms with Crippen molar-refractivity contribution in [3.05, 3.63) is 29.3 Å². The van der Waals surface area contributed by atoms with Gasteiger partial charge in [-0.1, -0.05) is 58.3 Å². The first kappa shape index (κ1) is 29.2. The van der Waals surface area contributed by atoms with Gasteiger partial charge in [0.15, 0.2) is 0 Å². The molecule has 0 aromatic heterocycles. The average Bonchev–Trinajstić information content (AvgIpc) is 2.57. The number of rotatable bonds is 13. The molecule has 0 saturated heterocycles. The summed E-state index contributed by atoms with van der Waals surface area (Å²) in [6, 6.07) is 4.59. The molecule has 7 heteroatoms. The zero-order valence-corrected chi connectivity index (χ0v) is 15.4. The topological polar surface area (TPSA) is 86.6 Å². The number of carboxylic acid groups (broad SMARTS) is 2. The summed E-state index contributed by atoms with van der Waals surface area (Å²) in [6.07, 6.45) is 11.2. The van der Waals surface area contributed by atoms with Crippen molar-refractivity contribution in [2.24, 2.45) is 0 Å². The SMILES string of the molecule is CCCCCCCCCCC(C)Nc1ccc(C(=O)O)c(C(=O)O)c1.[NaH].[NaH]. The Bertz CT molecular complexity index is 567. The number of carbonyl (C=O) groups is 2. The van der Waals surface area contributed by atoms with Crippen molar-refractivity contribution in [2.75, 3.05) is 5.32 Å². The Labute approximate surface area is 207 Å². The summed E-state index contributed by atoms with van der Waals surface area (Å²) in [5.41, 5.74) is 0.278.